The van der Waals surface area contributed by atoms with Crippen LogP contribution in [-0.2, 0) is 6.54 Å². The average molecular weight is 321 g/mol. The predicted molar refractivity (Wildman–Crippen MR) is 95.8 cm³/mol. The quantitative estimate of drug-likeness (QED) is 0.743. The van der Waals surface area contributed by atoms with Crippen LogP contribution in [0.5, 0.6) is 0 Å². The summed E-state index contributed by atoms with van der Waals surface area (Å²) in [4.78, 5) is 9.60. The number of benzene rings is 1. The molecular weight excluding hydrogens is 298 g/mol. The molecule has 0 radical (unpaired) electrons. The Balaban J connectivity index is 1.56. The van der Waals surface area contributed by atoms with Crippen molar-refractivity contribution in [3.05, 3.63) is 54.5 Å². The van der Waals surface area contributed by atoms with Crippen LogP contribution < -0.4 is 0 Å². The van der Waals surface area contributed by atoms with Gasteiger partial charge in [-0.25, -0.2) is 9.50 Å². The number of rotatable bonds is 3. The van der Waals surface area contributed by atoms with Gasteiger partial charge in [-0.3, -0.25) is 4.90 Å². The highest BCUT2D eigenvalue weighted by atomic mass is 15.2. The van der Waals surface area contributed by atoms with E-state index < -0.39 is 0 Å². The molecule has 1 fully saturated rings. The third-order valence-corrected chi connectivity index (χ3v) is 4.71. The Morgan fingerprint density at radius 1 is 1.00 bits per heavy atom. The molecule has 3 aromatic rings. The molecule has 4 rings (SSSR count). The van der Waals surface area contributed by atoms with Gasteiger partial charge in [0, 0.05) is 43.2 Å². The topological polar surface area (TPSA) is 36.7 Å². The molecule has 0 amide bonds. The van der Waals surface area contributed by atoms with Crippen molar-refractivity contribution in [3.8, 4) is 11.1 Å². The van der Waals surface area contributed by atoms with Crippen LogP contribution in [0.2, 0.25) is 0 Å². The molecule has 5 heteroatoms. The Morgan fingerprint density at radius 3 is 2.75 bits per heavy atom. The fourth-order valence-corrected chi connectivity index (χ4v) is 3.33. The minimum atomic E-state index is 0.917. The summed E-state index contributed by atoms with van der Waals surface area (Å²) in [7, 11) is 2.20. The molecule has 1 saturated heterocycles. The van der Waals surface area contributed by atoms with E-state index in [1.165, 1.54) is 18.5 Å². The monoisotopic (exact) mass is 321 g/mol. The van der Waals surface area contributed by atoms with Crippen LogP contribution >= 0.6 is 0 Å². The Hall–Kier alpha value is -2.24. The van der Waals surface area contributed by atoms with E-state index in [1.807, 2.05) is 35.1 Å². The van der Waals surface area contributed by atoms with Crippen LogP contribution in [-0.4, -0.2) is 57.6 Å². The van der Waals surface area contributed by atoms with Gasteiger partial charge < -0.3 is 4.90 Å². The Morgan fingerprint density at radius 2 is 1.88 bits per heavy atom. The normalized spacial score (nSPS) is 17.2. The lowest BCUT2D eigenvalue weighted by Gasteiger charge is -2.19. The van der Waals surface area contributed by atoms with Crippen molar-refractivity contribution in [2.24, 2.45) is 0 Å². The Kier molecular flexibility index (Phi) is 4.28. The van der Waals surface area contributed by atoms with Crippen LogP contribution in [0.3, 0.4) is 0 Å². The molecule has 0 spiro atoms. The van der Waals surface area contributed by atoms with Gasteiger partial charge in [0.2, 0.25) is 0 Å². The van der Waals surface area contributed by atoms with E-state index in [2.05, 4.69) is 45.3 Å². The second kappa shape index (κ2) is 6.71. The van der Waals surface area contributed by atoms with E-state index in [9.17, 15) is 0 Å². The maximum absolute atomic E-state index is 4.68. The lowest BCUT2D eigenvalue weighted by molar-refractivity contribution is 0.268. The first-order chi connectivity index (χ1) is 11.8. The highest BCUT2D eigenvalue weighted by Crippen LogP contribution is 2.23. The van der Waals surface area contributed by atoms with E-state index in [1.54, 1.807) is 0 Å². The lowest BCUT2D eigenvalue weighted by Crippen LogP contribution is -2.28. The van der Waals surface area contributed by atoms with Gasteiger partial charge in [0.25, 0.3) is 0 Å². The van der Waals surface area contributed by atoms with Crippen molar-refractivity contribution in [3.63, 3.8) is 0 Å². The fourth-order valence-electron chi connectivity index (χ4n) is 3.33. The fraction of sp³-hybridized carbons (Fsp3) is 0.368. The minimum Gasteiger partial charge on any atom is -0.305 e. The summed E-state index contributed by atoms with van der Waals surface area (Å²) < 4.78 is 1.90. The maximum atomic E-state index is 4.68. The zero-order chi connectivity index (χ0) is 16.4. The van der Waals surface area contributed by atoms with Gasteiger partial charge in [-0.2, -0.15) is 5.10 Å². The number of fused-ring (bicyclic) bond motifs is 1. The van der Waals surface area contributed by atoms with Crippen molar-refractivity contribution in [2.45, 2.75) is 13.0 Å². The summed E-state index contributed by atoms with van der Waals surface area (Å²) in [5, 5.41) is 4.51. The maximum Gasteiger partial charge on any atom is 0.162 e. The minimum absolute atomic E-state index is 0.917. The third kappa shape index (κ3) is 3.18. The first kappa shape index (κ1) is 15.3. The highest BCUT2D eigenvalue weighted by Gasteiger charge is 2.14. The molecular formula is C19H23N5. The molecule has 5 nitrogen and oxygen atoms in total. The summed E-state index contributed by atoms with van der Waals surface area (Å²) in [5.41, 5.74) is 4.37. The van der Waals surface area contributed by atoms with Crippen molar-refractivity contribution in [2.75, 3.05) is 33.2 Å². The number of likely N-dealkylation sites (N-methyl/N-ethyl adjacent to an activating group) is 1. The molecule has 124 valence electrons. The van der Waals surface area contributed by atoms with Crippen LogP contribution in [0.25, 0.3) is 16.8 Å². The standard InChI is InChI=1S/C19H23N5/c1-22-8-5-9-23(11-10-22)14-16-12-20-19-18(13-21-24(19)15-16)17-6-3-2-4-7-17/h2-4,6-7,12-13,15H,5,8-11,14H2,1H3. The van der Waals surface area contributed by atoms with E-state index in [-0.39, 0.29) is 0 Å². The number of nitrogens with zero attached hydrogens (tertiary/aromatic N) is 5. The molecule has 3 heterocycles. The lowest BCUT2D eigenvalue weighted by atomic mass is 10.1. The molecule has 0 bridgehead atoms. The molecule has 0 aliphatic carbocycles. The molecule has 24 heavy (non-hydrogen) atoms. The van der Waals surface area contributed by atoms with Crippen molar-refractivity contribution in [1.29, 1.82) is 0 Å². The molecule has 1 aliphatic heterocycles. The number of aromatic nitrogens is 3. The summed E-state index contributed by atoms with van der Waals surface area (Å²) in [6, 6.07) is 10.3. The Bertz CT molecular complexity index is 811. The number of hydrogen-bond acceptors (Lipinski definition) is 4. The SMILES string of the molecule is CN1CCCN(Cc2cnc3c(-c4ccccc4)cnn3c2)CC1. The molecule has 0 atom stereocenters. The molecule has 0 saturated carbocycles. The molecule has 2 aromatic heterocycles. The van der Waals surface area contributed by atoms with Crippen molar-refractivity contribution >= 4 is 5.65 Å². The van der Waals surface area contributed by atoms with Crippen LogP contribution in [0.1, 0.15) is 12.0 Å². The van der Waals surface area contributed by atoms with Crippen LogP contribution in [0.15, 0.2) is 48.9 Å². The van der Waals surface area contributed by atoms with E-state index in [0.29, 0.717) is 0 Å². The summed E-state index contributed by atoms with van der Waals surface area (Å²) in [6.45, 7) is 5.53. The van der Waals surface area contributed by atoms with Crippen molar-refractivity contribution in [1.82, 2.24) is 24.4 Å². The average Bonchev–Trinajstić information content (AvgIpc) is 2.92. The van der Waals surface area contributed by atoms with Gasteiger partial charge in [-0.15, -0.1) is 0 Å². The van der Waals surface area contributed by atoms with Gasteiger partial charge in [0.15, 0.2) is 5.65 Å². The molecule has 1 aromatic carbocycles. The molecule has 1 aliphatic rings. The van der Waals surface area contributed by atoms with Gasteiger partial charge in [0.1, 0.15) is 0 Å². The molecule has 0 unspecified atom stereocenters. The summed E-state index contributed by atoms with van der Waals surface area (Å²) in [6.07, 6.45) is 7.25. The first-order valence-electron chi connectivity index (χ1n) is 8.58. The van der Waals surface area contributed by atoms with Crippen LogP contribution in [0.4, 0.5) is 0 Å². The van der Waals surface area contributed by atoms with Gasteiger partial charge in [0.05, 0.1) is 6.20 Å². The van der Waals surface area contributed by atoms with E-state index in [4.69, 9.17) is 0 Å². The second-order valence-electron chi connectivity index (χ2n) is 6.59. The molecule has 0 N–H and O–H groups in total. The summed E-state index contributed by atoms with van der Waals surface area (Å²) in [5.74, 6) is 0. The third-order valence-electron chi connectivity index (χ3n) is 4.71. The zero-order valence-corrected chi connectivity index (χ0v) is 14.1. The van der Waals surface area contributed by atoms with Gasteiger partial charge >= 0.3 is 0 Å². The van der Waals surface area contributed by atoms with Crippen LogP contribution in [0, 0.1) is 0 Å². The second-order valence-corrected chi connectivity index (χ2v) is 6.59. The number of hydrogen-bond donors (Lipinski definition) is 0. The van der Waals surface area contributed by atoms with E-state index in [0.717, 1.165) is 43.0 Å². The van der Waals surface area contributed by atoms with Gasteiger partial charge in [-0.05, 0) is 32.1 Å². The van der Waals surface area contributed by atoms with Crippen molar-refractivity contribution < 1.29 is 0 Å². The predicted octanol–water partition coefficient (Wildman–Crippen LogP) is 2.53. The first-order valence-corrected chi connectivity index (χ1v) is 8.58. The largest absolute Gasteiger partial charge is 0.305 e. The summed E-state index contributed by atoms with van der Waals surface area (Å²) >= 11 is 0. The highest BCUT2D eigenvalue weighted by molar-refractivity contribution is 5.76. The van der Waals surface area contributed by atoms with Gasteiger partial charge in [-0.1, -0.05) is 30.3 Å². The smallest absolute Gasteiger partial charge is 0.162 e. The van der Waals surface area contributed by atoms with E-state index >= 15 is 0 Å². The Labute approximate surface area is 142 Å². The zero-order valence-electron chi connectivity index (χ0n) is 14.1.